The lowest BCUT2D eigenvalue weighted by Crippen LogP contribution is -2.46. The van der Waals surface area contributed by atoms with Gasteiger partial charge in [0.15, 0.2) is 0 Å². The first-order chi connectivity index (χ1) is 7.39. The summed E-state index contributed by atoms with van der Waals surface area (Å²) >= 11 is 1.67. The Kier molecular flexibility index (Phi) is 4.10. The van der Waals surface area contributed by atoms with Crippen LogP contribution < -0.4 is 5.73 Å². The molecule has 0 saturated carbocycles. The van der Waals surface area contributed by atoms with Gasteiger partial charge in [-0.3, -0.25) is 4.79 Å². The Bertz CT molecular complexity index is 371. The molecule has 1 unspecified atom stereocenters. The van der Waals surface area contributed by atoms with E-state index in [1.54, 1.807) is 11.3 Å². The van der Waals surface area contributed by atoms with E-state index in [0.29, 0.717) is 0 Å². The van der Waals surface area contributed by atoms with Crippen LogP contribution in [0.5, 0.6) is 0 Å². The van der Waals surface area contributed by atoms with Gasteiger partial charge in [0.1, 0.15) is 6.04 Å². The van der Waals surface area contributed by atoms with Crippen LogP contribution in [0.2, 0.25) is 0 Å². The van der Waals surface area contributed by atoms with E-state index in [9.17, 15) is 4.79 Å². The van der Waals surface area contributed by atoms with E-state index in [0.717, 1.165) is 17.7 Å². The quantitative estimate of drug-likeness (QED) is 0.832. The van der Waals surface area contributed by atoms with Gasteiger partial charge in [0.05, 0.1) is 0 Å². The number of carbonyl (C=O) groups is 1. The second-order valence-corrected chi connectivity index (χ2v) is 5.72. The molecule has 0 aliphatic heterocycles. The molecule has 1 rings (SSSR count). The maximum absolute atomic E-state index is 10.9. The van der Waals surface area contributed by atoms with Crippen molar-refractivity contribution in [2.24, 2.45) is 5.73 Å². The standard InChI is InChI=1S/C12H19NO2S/c1-4-5-8-6-7-9(16-8)12(2,3)10(13)11(14)15/h6-7,10H,4-5,13H2,1-3H3,(H,14,15). The largest absolute Gasteiger partial charge is 0.480 e. The van der Waals surface area contributed by atoms with Crippen LogP contribution in [0, 0.1) is 0 Å². The van der Waals surface area contributed by atoms with Gasteiger partial charge in [0.2, 0.25) is 0 Å². The van der Waals surface area contributed by atoms with Crippen molar-refractivity contribution in [3.8, 4) is 0 Å². The molecule has 4 heteroatoms. The van der Waals surface area contributed by atoms with E-state index >= 15 is 0 Å². The van der Waals surface area contributed by atoms with Crippen molar-refractivity contribution in [3.63, 3.8) is 0 Å². The van der Waals surface area contributed by atoms with Crippen molar-refractivity contribution in [3.05, 3.63) is 21.9 Å². The molecule has 0 saturated heterocycles. The molecule has 3 N–H and O–H groups in total. The first-order valence-corrected chi connectivity index (χ1v) is 6.28. The highest BCUT2D eigenvalue weighted by molar-refractivity contribution is 7.12. The predicted molar refractivity (Wildman–Crippen MR) is 67.0 cm³/mol. The van der Waals surface area contributed by atoms with Crippen LogP contribution >= 0.6 is 11.3 Å². The van der Waals surface area contributed by atoms with Crippen molar-refractivity contribution >= 4 is 17.3 Å². The van der Waals surface area contributed by atoms with Crippen LogP contribution in [0.15, 0.2) is 12.1 Å². The van der Waals surface area contributed by atoms with Gasteiger partial charge < -0.3 is 10.8 Å². The zero-order chi connectivity index (χ0) is 12.3. The molecule has 0 aliphatic rings. The Hall–Kier alpha value is -0.870. The molecule has 16 heavy (non-hydrogen) atoms. The minimum atomic E-state index is -0.949. The molecule has 1 heterocycles. The first-order valence-electron chi connectivity index (χ1n) is 5.47. The first kappa shape index (κ1) is 13.2. The summed E-state index contributed by atoms with van der Waals surface area (Å²) in [6.07, 6.45) is 2.15. The predicted octanol–water partition coefficient (Wildman–Crippen LogP) is 2.39. The SMILES string of the molecule is CCCc1ccc(C(C)(C)C(N)C(=O)O)s1. The Balaban J connectivity index is 2.93. The van der Waals surface area contributed by atoms with Gasteiger partial charge in [0, 0.05) is 15.2 Å². The number of aliphatic carboxylic acids is 1. The van der Waals surface area contributed by atoms with Crippen molar-refractivity contribution in [2.45, 2.75) is 45.1 Å². The molecule has 0 radical (unpaired) electrons. The zero-order valence-electron chi connectivity index (χ0n) is 9.99. The number of hydrogen-bond donors (Lipinski definition) is 2. The van der Waals surface area contributed by atoms with Crippen LogP contribution in [-0.4, -0.2) is 17.1 Å². The minimum Gasteiger partial charge on any atom is -0.480 e. The fourth-order valence-electron chi connectivity index (χ4n) is 1.57. The molecule has 90 valence electrons. The third-order valence-corrected chi connectivity index (χ3v) is 4.32. The summed E-state index contributed by atoms with van der Waals surface area (Å²) < 4.78 is 0. The summed E-state index contributed by atoms with van der Waals surface area (Å²) in [5, 5.41) is 8.97. The van der Waals surface area contributed by atoms with Crippen molar-refractivity contribution in [2.75, 3.05) is 0 Å². The Labute approximate surface area is 100 Å². The van der Waals surface area contributed by atoms with Crippen LogP contribution in [0.1, 0.15) is 36.9 Å². The molecule has 0 aliphatic carbocycles. The molecule has 0 bridgehead atoms. The second kappa shape index (κ2) is 4.97. The van der Waals surface area contributed by atoms with Gasteiger partial charge >= 0.3 is 5.97 Å². The van der Waals surface area contributed by atoms with E-state index < -0.39 is 17.4 Å². The maximum atomic E-state index is 10.9. The molecule has 1 aromatic rings. The highest BCUT2D eigenvalue weighted by atomic mass is 32.1. The lowest BCUT2D eigenvalue weighted by Gasteiger charge is -2.27. The molecule has 0 spiro atoms. The van der Waals surface area contributed by atoms with Crippen molar-refractivity contribution in [1.29, 1.82) is 0 Å². The Morgan fingerprint density at radius 1 is 1.56 bits per heavy atom. The summed E-state index contributed by atoms with van der Waals surface area (Å²) in [6, 6.07) is 3.21. The summed E-state index contributed by atoms with van der Waals surface area (Å²) in [5.41, 5.74) is 5.21. The zero-order valence-corrected chi connectivity index (χ0v) is 10.8. The lowest BCUT2D eigenvalue weighted by molar-refractivity contribution is -0.140. The summed E-state index contributed by atoms with van der Waals surface area (Å²) in [6.45, 7) is 5.90. The summed E-state index contributed by atoms with van der Waals surface area (Å²) in [5.74, 6) is -0.949. The fraction of sp³-hybridized carbons (Fsp3) is 0.583. The highest BCUT2D eigenvalue weighted by Gasteiger charge is 2.34. The maximum Gasteiger partial charge on any atom is 0.321 e. The fourth-order valence-corrected chi connectivity index (χ4v) is 2.82. The number of carboxylic acids is 1. The van der Waals surface area contributed by atoms with Gasteiger partial charge in [-0.15, -0.1) is 11.3 Å². The molecule has 0 fully saturated rings. The van der Waals surface area contributed by atoms with Crippen LogP contribution in [-0.2, 0) is 16.6 Å². The molecule has 0 amide bonds. The van der Waals surface area contributed by atoms with Gasteiger partial charge in [0.25, 0.3) is 0 Å². The molecule has 1 atom stereocenters. The van der Waals surface area contributed by atoms with Gasteiger partial charge in [-0.1, -0.05) is 27.2 Å². The van der Waals surface area contributed by atoms with Crippen LogP contribution in [0.3, 0.4) is 0 Å². The number of thiophene rings is 1. The number of carboxylic acid groups (broad SMARTS) is 1. The molecular formula is C12H19NO2S. The minimum absolute atomic E-state index is 0.511. The van der Waals surface area contributed by atoms with Gasteiger partial charge in [-0.05, 0) is 18.6 Å². The second-order valence-electron chi connectivity index (χ2n) is 4.55. The summed E-state index contributed by atoms with van der Waals surface area (Å²) in [7, 11) is 0. The van der Waals surface area contributed by atoms with E-state index in [1.165, 1.54) is 4.88 Å². The number of nitrogens with two attached hydrogens (primary N) is 1. The third-order valence-electron chi connectivity index (χ3n) is 2.84. The van der Waals surface area contributed by atoms with Crippen LogP contribution in [0.25, 0.3) is 0 Å². The molecular weight excluding hydrogens is 222 g/mol. The van der Waals surface area contributed by atoms with Gasteiger partial charge in [-0.25, -0.2) is 0 Å². The number of rotatable bonds is 5. The van der Waals surface area contributed by atoms with E-state index in [4.69, 9.17) is 10.8 Å². The average molecular weight is 241 g/mol. The van der Waals surface area contributed by atoms with Crippen molar-refractivity contribution < 1.29 is 9.90 Å². The molecule has 0 aromatic carbocycles. The Morgan fingerprint density at radius 3 is 2.69 bits per heavy atom. The average Bonchev–Trinajstić information content (AvgIpc) is 2.66. The van der Waals surface area contributed by atoms with Crippen molar-refractivity contribution in [1.82, 2.24) is 0 Å². The molecule has 3 nitrogen and oxygen atoms in total. The normalized spacial score (nSPS) is 13.8. The smallest absolute Gasteiger partial charge is 0.321 e. The monoisotopic (exact) mass is 241 g/mol. The Morgan fingerprint density at radius 2 is 2.19 bits per heavy atom. The number of aryl methyl sites for hydroxylation is 1. The van der Waals surface area contributed by atoms with E-state index in [1.807, 2.05) is 19.9 Å². The lowest BCUT2D eigenvalue weighted by atomic mass is 9.83. The van der Waals surface area contributed by atoms with Gasteiger partial charge in [-0.2, -0.15) is 0 Å². The number of hydrogen-bond acceptors (Lipinski definition) is 3. The van der Waals surface area contributed by atoms with Crippen LogP contribution in [0.4, 0.5) is 0 Å². The molecule has 1 aromatic heterocycles. The highest BCUT2D eigenvalue weighted by Crippen LogP contribution is 2.32. The van der Waals surface area contributed by atoms with E-state index in [2.05, 4.69) is 13.0 Å². The van der Waals surface area contributed by atoms with E-state index in [-0.39, 0.29) is 0 Å². The third kappa shape index (κ3) is 2.62. The topological polar surface area (TPSA) is 63.3 Å². The summed E-state index contributed by atoms with van der Waals surface area (Å²) in [4.78, 5) is 13.3.